The van der Waals surface area contributed by atoms with Gasteiger partial charge in [-0.3, -0.25) is 9.59 Å². The van der Waals surface area contributed by atoms with Gasteiger partial charge in [-0.15, -0.1) is 0 Å². The number of hydrogen-bond donors (Lipinski definition) is 1. The Morgan fingerprint density at radius 2 is 2.06 bits per heavy atom. The van der Waals surface area contributed by atoms with Gasteiger partial charge in [0.2, 0.25) is 5.91 Å². The van der Waals surface area contributed by atoms with Crippen LogP contribution in [-0.4, -0.2) is 47.7 Å². The molecule has 0 aliphatic carbocycles. The Bertz CT molecular complexity index is 312. The summed E-state index contributed by atoms with van der Waals surface area (Å²) in [6, 6.07) is 0. The van der Waals surface area contributed by atoms with Gasteiger partial charge in [-0.2, -0.15) is 0 Å². The highest BCUT2D eigenvalue weighted by atomic mass is 16.5. The van der Waals surface area contributed by atoms with Crippen molar-refractivity contribution in [1.29, 1.82) is 0 Å². The Hall–Kier alpha value is -1.10. The Labute approximate surface area is 107 Å². The summed E-state index contributed by atoms with van der Waals surface area (Å²) in [5.74, 6) is -1.13. The number of carboxylic acids is 1. The number of nitrogens with zero attached hydrogens (tertiary/aromatic N) is 1. The Kier molecular flexibility index (Phi) is 4.58. The summed E-state index contributed by atoms with van der Waals surface area (Å²) in [4.78, 5) is 24.7. The maximum Gasteiger partial charge on any atom is 0.308 e. The number of carbonyl (C=O) groups is 2. The van der Waals surface area contributed by atoms with E-state index in [4.69, 9.17) is 9.84 Å². The van der Waals surface area contributed by atoms with Crippen molar-refractivity contribution in [2.75, 3.05) is 19.7 Å². The van der Waals surface area contributed by atoms with Crippen LogP contribution in [0.2, 0.25) is 0 Å². The minimum Gasteiger partial charge on any atom is -0.481 e. The summed E-state index contributed by atoms with van der Waals surface area (Å²) in [6.45, 7) is 1.80. The zero-order valence-electron chi connectivity index (χ0n) is 10.6. The second kappa shape index (κ2) is 6.18. The molecule has 5 heteroatoms. The topological polar surface area (TPSA) is 66.8 Å². The van der Waals surface area contributed by atoms with Gasteiger partial charge in [0.25, 0.3) is 0 Å². The van der Waals surface area contributed by atoms with E-state index in [1.807, 2.05) is 0 Å². The second-order valence-electron chi connectivity index (χ2n) is 5.21. The SMILES string of the molecule is O=C(O)[C@@H]1CCCN(C(=O)CC2CCCCO2)C1. The maximum atomic E-state index is 12.1. The summed E-state index contributed by atoms with van der Waals surface area (Å²) < 4.78 is 5.55. The van der Waals surface area contributed by atoms with Crippen molar-refractivity contribution >= 4 is 11.9 Å². The van der Waals surface area contributed by atoms with Crippen LogP contribution in [0.15, 0.2) is 0 Å². The van der Waals surface area contributed by atoms with Crippen molar-refractivity contribution in [3.8, 4) is 0 Å². The third kappa shape index (κ3) is 3.45. The normalized spacial score (nSPS) is 29.0. The number of likely N-dealkylation sites (tertiary alicyclic amines) is 1. The molecule has 2 atom stereocenters. The summed E-state index contributed by atoms with van der Waals surface area (Å²) >= 11 is 0. The molecule has 18 heavy (non-hydrogen) atoms. The largest absolute Gasteiger partial charge is 0.481 e. The molecular formula is C13H21NO4. The van der Waals surface area contributed by atoms with Crippen LogP contribution in [0.25, 0.3) is 0 Å². The number of rotatable bonds is 3. The van der Waals surface area contributed by atoms with Gasteiger partial charge in [0.1, 0.15) is 0 Å². The van der Waals surface area contributed by atoms with Crippen molar-refractivity contribution in [2.45, 2.75) is 44.6 Å². The number of ether oxygens (including phenoxy) is 1. The van der Waals surface area contributed by atoms with E-state index in [0.717, 1.165) is 32.3 Å². The minimum absolute atomic E-state index is 0.0384. The molecule has 2 rings (SSSR count). The molecule has 0 radical (unpaired) electrons. The van der Waals surface area contributed by atoms with E-state index in [9.17, 15) is 9.59 Å². The first-order valence-corrected chi connectivity index (χ1v) is 6.79. The smallest absolute Gasteiger partial charge is 0.308 e. The van der Waals surface area contributed by atoms with Crippen LogP contribution < -0.4 is 0 Å². The van der Waals surface area contributed by atoms with Crippen LogP contribution >= 0.6 is 0 Å². The molecular weight excluding hydrogens is 234 g/mol. The predicted molar refractivity (Wildman–Crippen MR) is 65.1 cm³/mol. The number of amides is 1. The molecule has 0 spiro atoms. The van der Waals surface area contributed by atoms with Crippen molar-refractivity contribution in [3.05, 3.63) is 0 Å². The quantitative estimate of drug-likeness (QED) is 0.824. The lowest BCUT2D eigenvalue weighted by atomic mass is 9.97. The molecule has 2 saturated heterocycles. The minimum atomic E-state index is -0.790. The van der Waals surface area contributed by atoms with Crippen LogP contribution in [0.3, 0.4) is 0 Å². The van der Waals surface area contributed by atoms with Gasteiger partial charge < -0.3 is 14.7 Å². The Morgan fingerprint density at radius 3 is 2.72 bits per heavy atom. The zero-order valence-corrected chi connectivity index (χ0v) is 10.6. The Morgan fingerprint density at radius 1 is 1.22 bits per heavy atom. The van der Waals surface area contributed by atoms with Crippen molar-refractivity contribution in [2.24, 2.45) is 5.92 Å². The average molecular weight is 255 g/mol. The molecule has 1 unspecified atom stereocenters. The van der Waals surface area contributed by atoms with Gasteiger partial charge in [-0.1, -0.05) is 0 Å². The number of piperidine rings is 1. The number of carboxylic acid groups (broad SMARTS) is 1. The number of hydrogen-bond acceptors (Lipinski definition) is 3. The highest BCUT2D eigenvalue weighted by Gasteiger charge is 2.29. The van der Waals surface area contributed by atoms with E-state index in [1.165, 1.54) is 0 Å². The molecule has 0 aromatic rings. The van der Waals surface area contributed by atoms with Crippen LogP contribution in [0.1, 0.15) is 38.5 Å². The molecule has 102 valence electrons. The third-order valence-electron chi connectivity index (χ3n) is 3.80. The molecule has 1 amide bonds. The Balaban J connectivity index is 1.82. The molecule has 0 bridgehead atoms. The van der Waals surface area contributed by atoms with Crippen molar-refractivity contribution in [3.63, 3.8) is 0 Å². The van der Waals surface area contributed by atoms with Crippen LogP contribution in [0, 0.1) is 5.92 Å². The zero-order chi connectivity index (χ0) is 13.0. The summed E-state index contributed by atoms with van der Waals surface area (Å²) in [7, 11) is 0. The predicted octanol–water partition coefficient (Wildman–Crippen LogP) is 1.27. The first kappa shape index (κ1) is 13.3. The third-order valence-corrected chi connectivity index (χ3v) is 3.80. The van der Waals surface area contributed by atoms with Gasteiger partial charge in [0, 0.05) is 19.7 Å². The fraction of sp³-hybridized carbons (Fsp3) is 0.846. The second-order valence-corrected chi connectivity index (χ2v) is 5.21. The van der Waals surface area contributed by atoms with Crippen molar-refractivity contribution < 1.29 is 19.4 Å². The molecule has 2 fully saturated rings. The molecule has 1 N–H and O–H groups in total. The van der Waals surface area contributed by atoms with Crippen LogP contribution in [0.5, 0.6) is 0 Å². The van der Waals surface area contributed by atoms with Gasteiger partial charge in [-0.25, -0.2) is 0 Å². The van der Waals surface area contributed by atoms with E-state index in [0.29, 0.717) is 25.9 Å². The summed E-state index contributed by atoms with van der Waals surface area (Å²) in [5.41, 5.74) is 0. The van der Waals surface area contributed by atoms with E-state index in [-0.39, 0.29) is 12.0 Å². The highest BCUT2D eigenvalue weighted by Crippen LogP contribution is 2.20. The molecule has 0 aromatic carbocycles. The average Bonchev–Trinajstić information content (AvgIpc) is 2.40. The van der Waals surface area contributed by atoms with E-state index in [2.05, 4.69) is 0 Å². The van der Waals surface area contributed by atoms with Gasteiger partial charge in [-0.05, 0) is 32.1 Å². The summed E-state index contributed by atoms with van der Waals surface area (Å²) in [6.07, 6.45) is 5.06. The first-order chi connectivity index (χ1) is 8.66. The molecule has 0 saturated carbocycles. The molecule has 2 aliphatic rings. The van der Waals surface area contributed by atoms with Crippen LogP contribution in [0.4, 0.5) is 0 Å². The molecule has 5 nitrogen and oxygen atoms in total. The van der Waals surface area contributed by atoms with Gasteiger partial charge in [0.05, 0.1) is 18.4 Å². The monoisotopic (exact) mass is 255 g/mol. The highest BCUT2D eigenvalue weighted by molar-refractivity contribution is 5.78. The molecule has 0 aromatic heterocycles. The molecule has 2 heterocycles. The van der Waals surface area contributed by atoms with E-state index in [1.54, 1.807) is 4.90 Å². The van der Waals surface area contributed by atoms with Crippen LogP contribution in [-0.2, 0) is 14.3 Å². The first-order valence-electron chi connectivity index (χ1n) is 6.79. The summed E-state index contributed by atoms with van der Waals surface area (Å²) in [5, 5.41) is 9.00. The van der Waals surface area contributed by atoms with E-state index < -0.39 is 11.9 Å². The standard InChI is InChI=1S/C13H21NO4/c15-12(8-11-5-1-2-7-18-11)14-6-3-4-10(9-14)13(16)17/h10-11H,1-9H2,(H,16,17)/t10-,11?/m1/s1. The maximum absolute atomic E-state index is 12.1. The lowest BCUT2D eigenvalue weighted by Crippen LogP contribution is -2.43. The lowest BCUT2D eigenvalue weighted by Gasteiger charge is -2.32. The number of aliphatic carboxylic acids is 1. The fourth-order valence-corrected chi connectivity index (χ4v) is 2.70. The van der Waals surface area contributed by atoms with Crippen molar-refractivity contribution in [1.82, 2.24) is 4.90 Å². The molecule has 2 aliphatic heterocycles. The number of carbonyl (C=O) groups excluding carboxylic acids is 1. The van der Waals surface area contributed by atoms with Gasteiger partial charge in [0.15, 0.2) is 0 Å². The van der Waals surface area contributed by atoms with E-state index >= 15 is 0 Å². The van der Waals surface area contributed by atoms with Gasteiger partial charge >= 0.3 is 5.97 Å². The lowest BCUT2D eigenvalue weighted by molar-refractivity contribution is -0.146. The fourth-order valence-electron chi connectivity index (χ4n) is 2.70.